The smallest absolute Gasteiger partial charge is 0.191 e. The number of hydrogen-bond acceptors (Lipinski definition) is 4. The average Bonchev–Trinajstić information content (AvgIpc) is 2.65. The number of sulfone groups is 1. The fourth-order valence-corrected chi connectivity index (χ4v) is 3.25. The minimum absolute atomic E-state index is 0.0640. The van der Waals surface area contributed by atoms with Gasteiger partial charge in [-0.2, -0.15) is 0 Å². The van der Waals surface area contributed by atoms with Gasteiger partial charge < -0.3 is 15.4 Å². The molecule has 152 valence electrons. The van der Waals surface area contributed by atoms with Gasteiger partial charge in [-0.3, -0.25) is 4.99 Å². The van der Waals surface area contributed by atoms with E-state index in [2.05, 4.69) is 15.6 Å². The lowest BCUT2D eigenvalue weighted by atomic mass is 10.2. The summed E-state index contributed by atoms with van der Waals surface area (Å²) in [6.07, 6.45) is 1.70. The number of benzene rings is 2. The number of aliphatic imine (C=N–C) groups is 1. The molecule has 0 bridgehead atoms. The van der Waals surface area contributed by atoms with E-state index < -0.39 is 15.7 Å². The predicted molar refractivity (Wildman–Crippen MR) is 110 cm³/mol. The molecule has 0 saturated heterocycles. The molecule has 0 fully saturated rings. The van der Waals surface area contributed by atoms with E-state index in [4.69, 9.17) is 4.74 Å². The van der Waals surface area contributed by atoms with Crippen molar-refractivity contribution in [2.45, 2.75) is 25.9 Å². The first-order valence-electron chi connectivity index (χ1n) is 8.93. The molecule has 6 nitrogen and oxygen atoms in total. The van der Waals surface area contributed by atoms with E-state index >= 15 is 0 Å². The van der Waals surface area contributed by atoms with Gasteiger partial charge in [-0.05, 0) is 31.5 Å². The standard InChI is InChI=1S/C20H26FN3O3S/c1-15(12-13-28(3,25)26)24-20(22-2)23-14-16-8-4-6-10-18(16)27-19-11-7-5-9-17(19)21/h4-11,15H,12-14H2,1-3H3,(H2,22,23,24). The Bertz CT molecular complexity index is 916. The lowest BCUT2D eigenvalue weighted by Crippen LogP contribution is -2.42. The molecular formula is C20H26FN3O3S. The zero-order valence-electron chi connectivity index (χ0n) is 16.3. The van der Waals surface area contributed by atoms with E-state index in [0.717, 1.165) is 5.56 Å². The molecule has 0 aliphatic rings. The van der Waals surface area contributed by atoms with Crippen LogP contribution in [-0.2, 0) is 16.4 Å². The van der Waals surface area contributed by atoms with Gasteiger partial charge in [0.25, 0.3) is 0 Å². The van der Waals surface area contributed by atoms with Crippen LogP contribution in [0.4, 0.5) is 4.39 Å². The number of nitrogens with zero attached hydrogens (tertiary/aromatic N) is 1. The second-order valence-electron chi connectivity index (χ2n) is 6.53. The summed E-state index contributed by atoms with van der Waals surface area (Å²) in [4.78, 5) is 4.16. The molecule has 0 saturated carbocycles. The molecule has 8 heteroatoms. The number of rotatable bonds is 8. The maximum Gasteiger partial charge on any atom is 0.191 e. The Morgan fingerprint density at radius 3 is 2.43 bits per heavy atom. The predicted octanol–water partition coefficient (Wildman–Crippen LogP) is 3.11. The summed E-state index contributed by atoms with van der Waals surface area (Å²) >= 11 is 0. The second kappa shape index (κ2) is 10.1. The third-order valence-corrected chi connectivity index (χ3v) is 4.98. The van der Waals surface area contributed by atoms with Gasteiger partial charge in [-0.15, -0.1) is 0 Å². The molecule has 0 heterocycles. The molecule has 0 aromatic heterocycles. The first-order chi connectivity index (χ1) is 13.3. The summed E-state index contributed by atoms with van der Waals surface area (Å²) in [6.45, 7) is 2.30. The molecule has 0 spiro atoms. The van der Waals surface area contributed by atoms with Gasteiger partial charge in [-0.1, -0.05) is 30.3 Å². The normalized spacial score (nSPS) is 13.1. The van der Waals surface area contributed by atoms with Crippen LogP contribution in [0.15, 0.2) is 53.5 Å². The summed E-state index contributed by atoms with van der Waals surface area (Å²) in [6, 6.07) is 13.5. The number of hydrogen-bond donors (Lipinski definition) is 2. The second-order valence-corrected chi connectivity index (χ2v) is 8.79. The van der Waals surface area contributed by atoms with Crippen LogP contribution >= 0.6 is 0 Å². The highest BCUT2D eigenvalue weighted by Gasteiger charge is 2.11. The van der Waals surface area contributed by atoms with Crippen LogP contribution in [0.5, 0.6) is 11.5 Å². The van der Waals surface area contributed by atoms with E-state index in [-0.39, 0.29) is 17.5 Å². The minimum atomic E-state index is -3.00. The van der Waals surface area contributed by atoms with Gasteiger partial charge in [0.1, 0.15) is 15.6 Å². The number of ether oxygens (including phenoxy) is 1. The first-order valence-corrected chi connectivity index (χ1v) is 11.0. The molecule has 2 aromatic carbocycles. The van der Waals surface area contributed by atoms with Gasteiger partial charge in [0.15, 0.2) is 17.5 Å². The number of halogens is 1. The summed E-state index contributed by atoms with van der Waals surface area (Å²) in [7, 11) is -1.36. The molecule has 28 heavy (non-hydrogen) atoms. The largest absolute Gasteiger partial charge is 0.454 e. The highest BCUT2D eigenvalue weighted by atomic mass is 32.2. The van der Waals surface area contributed by atoms with E-state index in [0.29, 0.717) is 24.7 Å². The van der Waals surface area contributed by atoms with Gasteiger partial charge in [0.2, 0.25) is 0 Å². The maximum absolute atomic E-state index is 13.9. The molecule has 1 unspecified atom stereocenters. The molecule has 0 aliphatic carbocycles. The van der Waals surface area contributed by atoms with E-state index in [1.165, 1.54) is 12.3 Å². The number of guanidine groups is 1. The fraction of sp³-hybridized carbons (Fsp3) is 0.350. The number of nitrogens with one attached hydrogen (secondary N) is 2. The molecular weight excluding hydrogens is 381 g/mol. The van der Waals surface area contributed by atoms with Gasteiger partial charge in [-0.25, -0.2) is 12.8 Å². The Balaban J connectivity index is 1.98. The zero-order valence-corrected chi connectivity index (χ0v) is 17.1. The van der Waals surface area contributed by atoms with E-state index in [9.17, 15) is 12.8 Å². The van der Waals surface area contributed by atoms with Crippen LogP contribution in [0.2, 0.25) is 0 Å². The topological polar surface area (TPSA) is 79.8 Å². The lowest BCUT2D eigenvalue weighted by molar-refractivity contribution is 0.437. The maximum atomic E-state index is 13.9. The molecule has 2 rings (SSSR count). The van der Waals surface area contributed by atoms with Crippen molar-refractivity contribution < 1.29 is 17.5 Å². The van der Waals surface area contributed by atoms with Crippen LogP contribution in [0.3, 0.4) is 0 Å². The monoisotopic (exact) mass is 407 g/mol. The van der Waals surface area contributed by atoms with E-state index in [1.807, 2.05) is 25.1 Å². The number of para-hydroxylation sites is 2. The quantitative estimate of drug-likeness (QED) is 0.519. The van der Waals surface area contributed by atoms with Crippen molar-refractivity contribution in [2.75, 3.05) is 19.1 Å². The third kappa shape index (κ3) is 7.19. The van der Waals surface area contributed by atoms with Crippen molar-refractivity contribution in [1.82, 2.24) is 10.6 Å². The van der Waals surface area contributed by atoms with Crippen molar-refractivity contribution in [3.05, 3.63) is 59.9 Å². The van der Waals surface area contributed by atoms with Crippen molar-refractivity contribution in [1.29, 1.82) is 0 Å². The van der Waals surface area contributed by atoms with Crippen LogP contribution in [0.1, 0.15) is 18.9 Å². The lowest BCUT2D eigenvalue weighted by Gasteiger charge is -2.18. The highest BCUT2D eigenvalue weighted by molar-refractivity contribution is 7.90. The van der Waals surface area contributed by atoms with Gasteiger partial charge in [0, 0.05) is 31.5 Å². The highest BCUT2D eigenvalue weighted by Crippen LogP contribution is 2.27. The third-order valence-electron chi connectivity index (χ3n) is 4.00. The Morgan fingerprint density at radius 1 is 1.14 bits per heavy atom. The molecule has 1 atom stereocenters. The van der Waals surface area contributed by atoms with Gasteiger partial charge >= 0.3 is 0 Å². The van der Waals surface area contributed by atoms with Crippen molar-refractivity contribution in [2.24, 2.45) is 4.99 Å². The molecule has 0 radical (unpaired) electrons. The molecule has 0 aliphatic heterocycles. The van der Waals surface area contributed by atoms with Crippen LogP contribution in [0, 0.1) is 5.82 Å². The average molecular weight is 408 g/mol. The minimum Gasteiger partial charge on any atom is -0.454 e. The molecule has 2 N–H and O–H groups in total. The van der Waals surface area contributed by atoms with Crippen LogP contribution < -0.4 is 15.4 Å². The van der Waals surface area contributed by atoms with Crippen molar-refractivity contribution in [3.63, 3.8) is 0 Å². The molecule has 0 amide bonds. The first kappa shape index (κ1) is 21.7. The Morgan fingerprint density at radius 2 is 1.79 bits per heavy atom. The van der Waals surface area contributed by atoms with Crippen LogP contribution in [0.25, 0.3) is 0 Å². The Kier molecular flexibility index (Phi) is 7.80. The summed E-state index contributed by atoms with van der Waals surface area (Å²) in [5.74, 6) is 0.925. The van der Waals surface area contributed by atoms with Gasteiger partial charge in [0.05, 0.1) is 5.75 Å². The van der Waals surface area contributed by atoms with Crippen LogP contribution in [-0.4, -0.2) is 39.5 Å². The zero-order chi connectivity index (χ0) is 20.6. The van der Waals surface area contributed by atoms with Crippen molar-refractivity contribution >= 4 is 15.8 Å². The summed E-state index contributed by atoms with van der Waals surface area (Å²) in [5, 5.41) is 6.33. The summed E-state index contributed by atoms with van der Waals surface area (Å²) < 4.78 is 42.2. The SMILES string of the molecule is CN=C(NCc1ccccc1Oc1ccccc1F)NC(C)CCS(C)(=O)=O. The van der Waals surface area contributed by atoms with Crippen molar-refractivity contribution in [3.8, 4) is 11.5 Å². The van der Waals surface area contributed by atoms with E-state index in [1.54, 1.807) is 31.3 Å². The Labute approximate surface area is 165 Å². The molecule has 2 aromatic rings. The summed E-state index contributed by atoms with van der Waals surface area (Å²) in [5.41, 5.74) is 0.831. The Hall–Kier alpha value is -2.61. The fourth-order valence-electron chi connectivity index (χ4n) is 2.47.